The van der Waals surface area contributed by atoms with Crippen molar-refractivity contribution in [2.45, 2.75) is 12.5 Å². The van der Waals surface area contributed by atoms with Gasteiger partial charge in [-0.3, -0.25) is 4.79 Å². The van der Waals surface area contributed by atoms with Gasteiger partial charge in [0.25, 0.3) is 5.91 Å². The van der Waals surface area contributed by atoms with Crippen LogP contribution in [0.2, 0.25) is 0 Å². The van der Waals surface area contributed by atoms with Crippen LogP contribution in [0.3, 0.4) is 0 Å². The SMILES string of the molecule is O=C1Nc2c(F)cc(F)cc2N2CCc3ccccc3C12. The molecular formula is C16H12F2N2O. The summed E-state index contributed by atoms with van der Waals surface area (Å²) in [7, 11) is 0. The molecule has 1 N–H and O–H groups in total. The molecule has 1 amide bonds. The second-order valence-electron chi connectivity index (χ2n) is 5.32. The maximum atomic E-state index is 13.9. The number of carbonyl (C=O) groups excluding carboxylic acids is 1. The monoisotopic (exact) mass is 286 g/mol. The lowest BCUT2D eigenvalue weighted by Gasteiger charge is -2.42. The summed E-state index contributed by atoms with van der Waals surface area (Å²) in [6, 6.07) is 9.23. The van der Waals surface area contributed by atoms with E-state index in [1.807, 2.05) is 24.3 Å². The normalized spacial score (nSPS) is 19.4. The van der Waals surface area contributed by atoms with E-state index in [4.69, 9.17) is 0 Å². The van der Waals surface area contributed by atoms with E-state index in [-0.39, 0.29) is 11.6 Å². The summed E-state index contributed by atoms with van der Waals surface area (Å²) in [6.45, 7) is 0.561. The number of amides is 1. The first-order valence-electron chi connectivity index (χ1n) is 6.79. The van der Waals surface area contributed by atoms with Crippen molar-refractivity contribution in [1.82, 2.24) is 0 Å². The third-order valence-electron chi connectivity index (χ3n) is 4.12. The Bertz CT molecular complexity index is 760. The predicted octanol–water partition coefficient (Wildman–Crippen LogP) is 3.02. The summed E-state index contributed by atoms with van der Waals surface area (Å²) in [5.41, 5.74) is 2.48. The van der Waals surface area contributed by atoms with Crippen molar-refractivity contribution >= 4 is 17.3 Å². The van der Waals surface area contributed by atoms with Crippen molar-refractivity contribution in [2.24, 2.45) is 0 Å². The first kappa shape index (κ1) is 12.3. The van der Waals surface area contributed by atoms with Gasteiger partial charge in [0.15, 0.2) is 5.82 Å². The molecule has 3 nitrogen and oxygen atoms in total. The van der Waals surface area contributed by atoms with E-state index in [2.05, 4.69) is 5.32 Å². The molecule has 2 heterocycles. The average Bonchev–Trinajstić information content (AvgIpc) is 2.48. The molecule has 0 saturated heterocycles. The van der Waals surface area contributed by atoms with E-state index in [0.717, 1.165) is 23.6 Å². The van der Waals surface area contributed by atoms with Crippen LogP contribution in [0.4, 0.5) is 20.2 Å². The number of fused-ring (bicyclic) bond motifs is 5. The minimum atomic E-state index is -0.740. The standard InChI is InChI=1S/C16H12F2N2O/c17-10-7-12(18)14-13(8-10)20-6-5-9-3-1-2-4-11(9)15(20)16(21)19-14/h1-4,7-8,15H,5-6H2,(H,19,21). The van der Waals surface area contributed by atoms with E-state index in [9.17, 15) is 13.6 Å². The van der Waals surface area contributed by atoms with Gasteiger partial charge in [-0.1, -0.05) is 24.3 Å². The van der Waals surface area contributed by atoms with Crippen LogP contribution in [0.25, 0.3) is 0 Å². The molecule has 0 fully saturated rings. The Morgan fingerprint density at radius 3 is 2.86 bits per heavy atom. The van der Waals surface area contributed by atoms with Gasteiger partial charge in [-0.05, 0) is 23.6 Å². The van der Waals surface area contributed by atoms with E-state index in [1.165, 1.54) is 6.07 Å². The van der Waals surface area contributed by atoms with E-state index in [0.29, 0.717) is 12.2 Å². The fraction of sp³-hybridized carbons (Fsp3) is 0.188. The second-order valence-corrected chi connectivity index (χ2v) is 5.32. The number of nitrogens with one attached hydrogen (secondary N) is 1. The molecule has 21 heavy (non-hydrogen) atoms. The quantitative estimate of drug-likeness (QED) is 0.807. The van der Waals surface area contributed by atoms with Gasteiger partial charge >= 0.3 is 0 Å². The second kappa shape index (κ2) is 4.28. The predicted molar refractivity (Wildman–Crippen MR) is 75.2 cm³/mol. The number of nitrogens with zero attached hydrogens (tertiary/aromatic N) is 1. The summed E-state index contributed by atoms with van der Waals surface area (Å²) in [6.07, 6.45) is 0.748. The van der Waals surface area contributed by atoms with Crippen LogP contribution in [0, 0.1) is 11.6 Å². The Balaban J connectivity index is 1.91. The highest BCUT2D eigenvalue weighted by Crippen LogP contribution is 2.43. The molecule has 1 unspecified atom stereocenters. The van der Waals surface area contributed by atoms with E-state index in [1.54, 1.807) is 4.90 Å². The third kappa shape index (κ3) is 1.73. The van der Waals surface area contributed by atoms with Gasteiger partial charge in [-0.25, -0.2) is 8.78 Å². The lowest BCUT2D eigenvalue weighted by Crippen LogP contribution is -2.46. The molecule has 2 aromatic carbocycles. The number of hydrogen-bond donors (Lipinski definition) is 1. The Kier molecular flexibility index (Phi) is 2.51. The summed E-state index contributed by atoms with van der Waals surface area (Å²) in [5, 5.41) is 2.57. The topological polar surface area (TPSA) is 32.3 Å². The molecule has 0 bridgehead atoms. The molecule has 4 rings (SSSR count). The van der Waals surface area contributed by atoms with Crippen LogP contribution in [-0.4, -0.2) is 12.5 Å². The molecule has 0 spiro atoms. The first-order chi connectivity index (χ1) is 10.1. The van der Waals surface area contributed by atoms with Gasteiger partial charge < -0.3 is 10.2 Å². The highest BCUT2D eigenvalue weighted by molar-refractivity contribution is 6.04. The van der Waals surface area contributed by atoms with E-state index >= 15 is 0 Å². The van der Waals surface area contributed by atoms with Gasteiger partial charge in [0, 0.05) is 12.6 Å². The maximum absolute atomic E-state index is 13.9. The van der Waals surface area contributed by atoms with Crippen LogP contribution >= 0.6 is 0 Å². The minimum Gasteiger partial charge on any atom is -0.354 e. The Hall–Kier alpha value is -2.43. The number of benzene rings is 2. The van der Waals surface area contributed by atoms with Crippen molar-refractivity contribution < 1.29 is 13.6 Å². The molecule has 106 valence electrons. The Labute approximate surface area is 120 Å². The lowest BCUT2D eigenvalue weighted by molar-refractivity contribution is -0.118. The van der Waals surface area contributed by atoms with Gasteiger partial charge in [0.2, 0.25) is 0 Å². The largest absolute Gasteiger partial charge is 0.354 e. The molecule has 2 aliphatic rings. The number of rotatable bonds is 0. The van der Waals surface area contributed by atoms with Crippen LogP contribution < -0.4 is 10.2 Å². The highest BCUT2D eigenvalue weighted by atomic mass is 19.1. The number of hydrogen-bond acceptors (Lipinski definition) is 2. The van der Waals surface area contributed by atoms with Crippen molar-refractivity contribution in [3.63, 3.8) is 0 Å². The fourth-order valence-electron chi connectivity index (χ4n) is 3.21. The van der Waals surface area contributed by atoms with Crippen LogP contribution in [0.15, 0.2) is 36.4 Å². The van der Waals surface area contributed by atoms with Crippen molar-refractivity contribution in [3.05, 3.63) is 59.2 Å². The van der Waals surface area contributed by atoms with E-state index < -0.39 is 17.7 Å². The molecule has 5 heteroatoms. The smallest absolute Gasteiger partial charge is 0.251 e. The molecule has 0 radical (unpaired) electrons. The van der Waals surface area contributed by atoms with Crippen LogP contribution in [-0.2, 0) is 11.2 Å². The first-order valence-corrected chi connectivity index (χ1v) is 6.79. The van der Waals surface area contributed by atoms with Gasteiger partial charge in [-0.2, -0.15) is 0 Å². The zero-order chi connectivity index (χ0) is 14.6. The molecule has 0 saturated carbocycles. The number of anilines is 2. The van der Waals surface area contributed by atoms with Gasteiger partial charge in [0.05, 0.1) is 5.69 Å². The molecule has 2 aliphatic heterocycles. The van der Waals surface area contributed by atoms with Crippen LogP contribution in [0.1, 0.15) is 17.2 Å². The average molecular weight is 286 g/mol. The summed E-state index contributed by atoms with van der Waals surface area (Å²) in [5.74, 6) is -1.66. The summed E-state index contributed by atoms with van der Waals surface area (Å²) < 4.78 is 27.4. The zero-order valence-corrected chi connectivity index (χ0v) is 11.1. The molecule has 1 atom stereocenters. The minimum absolute atomic E-state index is 0.0667. The van der Waals surface area contributed by atoms with Crippen molar-refractivity contribution in [2.75, 3.05) is 16.8 Å². The van der Waals surface area contributed by atoms with Crippen molar-refractivity contribution in [3.8, 4) is 0 Å². The molecule has 0 aromatic heterocycles. The highest BCUT2D eigenvalue weighted by Gasteiger charge is 2.39. The molecular weight excluding hydrogens is 274 g/mol. The third-order valence-corrected chi connectivity index (χ3v) is 4.12. The number of carbonyl (C=O) groups is 1. The maximum Gasteiger partial charge on any atom is 0.251 e. The molecule has 0 aliphatic carbocycles. The van der Waals surface area contributed by atoms with Crippen LogP contribution in [0.5, 0.6) is 0 Å². The van der Waals surface area contributed by atoms with Gasteiger partial charge in [-0.15, -0.1) is 0 Å². The van der Waals surface area contributed by atoms with Crippen molar-refractivity contribution in [1.29, 1.82) is 0 Å². The summed E-state index contributed by atoms with van der Waals surface area (Å²) in [4.78, 5) is 14.2. The summed E-state index contributed by atoms with van der Waals surface area (Å²) >= 11 is 0. The Morgan fingerprint density at radius 1 is 1.19 bits per heavy atom. The van der Waals surface area contributed by atoms with Gasteiger partial charge in [0.1, 0.15) is 17.5 Å². The lowest BCUT2D eigenvalue weighted by atomic mass is 9.90. The Morgan fingerprint density at radius 2 is 2.00 bits per heavy atom. The number of halogens is 2. The fourth-order valence-corrected chi connectivity index (χ4v) is 3.21. The molecule has 2 aromatic rings. The zero-order valence-electron chi connectivity index (χ0n) is 11.1.